The smallest absolute Gasteiger partial charge is 0.0955 e. The van der Waals surface area contributed by atoms with E-state index in [1.165, 1.54) is 16.6 Å². The number of para-hydroxylation sites is 2. The highest BCUT2D eigenvalue weighted by Crippen LogP contribution is 2.30. The third kappa shape index (κ3) is 5.49. The monoisotopic (exact) mass is 383 g/mol. The zero-order valence-corrected chi connectivity index (χ0v) is 18.7. The summed E-state index contributed by atoms with van der Waals surface area (Å²) in [6.07, 6.45) is 1.87. The number of hydrogen-bond donors (Lipinski definition) is 2. The van der Waals surface area contributed by atoms with E-state index in [0.29, 0.717) is 11.8 Å². The number of hydrogen-bond acceptors (Lipinski definition) is 4. The number of aromatic nitrogens is 2. The van der Waals surface area contributed by atoms with Crippen LogP contribution in [-0.4, -0.2) is 16.6 Å². The van der Waals surface area contributed by atoms with Crippen molar-refractivity contribution in [3.8, 4) is 0 Å². The highest BCUT2D eigenvalue weighted by atomic mass is 15.4. The van der Waals surface area contributed by atoms with Gasteiger partial charge in [0.2, 0.25) is 0 Å². The van der Waals surface area contributed by atoms with E-state index >= 15 is 0 Å². The summed E-state index contributed by atoms with van der Waals surface area (Å²) in [5, 5.41) is 1.57. The van der Waals surface area contributed by atoms with Crippen LogP contribution in [0.2, 0.25) is 0 Å². The first-order chi connectivity index (χ1) is 13.2. The summed E-state index contributed by atoms with van der Waals surface area (Å²) in [7, 11) is 3.85. The molecule has 0 saturated carbocycles. The Kier molecular flexibility index (Phi) is 9.00. The van der Waals surface area contributed by atoms with E-state index in [-0.39, 0.29) is 0 Å². The fourth-order valence-electron chi connectivity index (χ4n) is 3.16. The van der Waals surface area contributed by atoms with E-state index in [1.807, 2.05) is 39.4 Å². The van der Waals surface area contributed by atoms with E-state index < -0.39 is 0 Å². The van der Waals surface area contributed by atoms with Crippen molar-refractivity contribution in [1.29, 1.82) is 0 Å². The van der Waals surface area contributed by atoms with Gasteiger partial charge in [-0.3, -0.25) is 0 Å². The molecule has 3 aromatic rings. The zero-order chi connectivity index (χ0) is 21.4. The van der Waals surface area contributed by atoms with Gasteiger partial charge in [0.25, 0.3) is 0 Å². The first-order valence-electron chi connectivity index (χ1n) is 10.0. The maximum atomic E-state index is 5.84. The Morgan fingerprint density at radius 1 is 0.929 bits per heavy atom. The van der Waals surface area contributed by atoms with Gasteiger partial charge in [-0.25, -0.2) is 10.8 Å². The van der Waals surface area contributed by atoms with E-state index in [0.717, 1.165) is 16.9 Å². The fraction of sp³-hybridized carbons (Fsp3) is 0.435. The van der Waals surface area contributed by atoms with Gasteiger partial charge < -0.3 is 15.3 Å². The van der Waals surface area contributed by atoms with Crippen LogP contribution in [0.3, 0.4) is 0 Å². The number of nitrogens with zero attached hydrogens (tertiary/aromatic N) is 3. The number of hydrazine groups is 1. The van der Waals surface area contributed by atoms with Crippen molar-refractivity contribution in [2.75, 3.05) is 17.8 Å². The maximum Gasteiger partial charge on any atom is 0.0955 e. The second kappa shape index (κ2) is 10.7. The fourth-order valence-corrected chi connectivity index (χ4v) is 3.16. The predicted molar refractivity (Wildman–Crippen MR) is 124 cm³/mol. The van der Waals surface area contributed by atoms with E-state index in [1.54, 1.807) is 12.1 Å². The Balaban J connectivity index is 0.000000257. The molecular weight excluding hydrogens is 346 g/mol. The number of aryl methyl sites for hydroxylation is 1. The topological polar surface area (TPSA) is 73.1 Å². The van der Waals surface area contributed by atoms with Crippen molar-refractivity contribution < 1.29 is 0 Å². The van der Waals surface area contributed by atoms with Crippen LogP contribution in [0.1, 0.15) is 64.5 Å². The molecule has 0 fully saturated rings. The molecular formula is C23H37N5. The van der Waals surface area contributed by atoms with Crippen molar-refractivity contribution in [2.45, 2.75) is 53.4 Å². The second-order valence-corrected chi connectivity index (χ2v) is 7.28. The van der Waals surface area contributed by atoms with Crippen LogP contribution in [0.5, 0.6) is 0 Å². The molecule has 28 heavy (non-hydrogen) atoms. The van der Waals surface area contributed by atoms with Crippen LogP contribution in [-0.2, 0) is 7.05 Å². The van der Waals surface area contributed by atoms with Crippen LogP contribution in [0, 0.1) is 0 Å². The minimum atomic E-state index is 0.435. The number of nitrogen functional groups attached to an aromatic ring is 1. The maximum absolute atomic E-state index is 5.84. The summed E-state index contributed by atoms with van der Waals surface area (Å²) >= 11 is 0. The van der Waals surface area contributed by atoms with Crippen molar-refractivity contribution in [2.24, 2.45) is 12.9 Å². The lowest BCUT2D eigenvalue weighted by molar-refractivity contribution is 0.852. The van der Waals surface area contributed by atoms with Gasteiger partial charge in [-0.15, -0.1) is 0 Å². The lowest BCUT2D eigenvalue weighted by atomic mass is 10.00. The molecule has 5 heteroatoms. The van der Waals surface area contributed by atoms with E-state index in [2.05, 4.69) is 61.5 Å². The SMILES string of the molecule is CC.CC(C)c1cccc(N)c1N(C)N.CC(C)c1cccc2ncn(C)c12. The minimum absolute atomic E-state index is 0.435. The molecule has 0 radical (unpaired) electrons. The normalized spacial score (nSPS) is 10.4. The highest BCUT2D eigenvalue weighted by Gasteiger charge is 2.11. The van der Waals surface area contributed by atoms with Gasteiger partial charge in [0, 0.05) is 14.1 Å². The first kappa shape index (κ1) is 23.5. The van der Waals surface area contributed by atoms with E-state index in [4.69, 9.17) is 11.6 Å². The van der Waals surface area contributed by atoms with Gasteiger partial charge in [-0.2, -0.15) is 0 Å². The van der Waals surface area contributed by atoms with Gasteiger partial charge in [0.1, 0.15) is 0 Å². The zero-order valence-electron chi connectivity index (χ0n) is 18.7. The Morgan fingerprint density at radius 2 is 1.46 bits per heavy atom. The summed E-state index contributed by atoms with van der Waals surface area (Å²) in [4.78, 5) is 4.32. The molecule has 0 unspecified atom stereocenters. The standard InChI is InChI=1S/C11H14N2.C10H17N3.C2H6/c1-8(2)9-5-4-6-10-11(9)13(3)7-12-10;1-7(2)8-5-4-6-9(11)10(8)13(3)12;1-2/h4-8H,1-3H3;4-7H,11-12H2,1-3H3;1-2H3. The van der Waals surface area contributed by atoms with Crippen molar-refractivity contribution >= 4 is 22.4 Å². The Labute approximate surface area is 170 Å². The molecule has 0 aliphatic carbocycles. The molecule has 0 bridgehead atoms. The molecule has 4 N–H and O–H groups in total. The van der Waals surface area contributed by atoms with Crippen LogP contribution < -0.4 is 16.6 Å². The Bertz CT molecular complexity index is 863. The summed E-state index contributed by atoms with van der Waals surface area (Å²) < 4.78 is 2.09. The van der Waals surface area contributed by atoms with Gasteiger partial charge in [0.05, 0.1) is 28.7 Å². The lowest BCUT2D eigenvalue weighted by Crippen LogP contribution is -2.27. The van der Waals surface area contributed by atoms with Gasteiger partial charge in [0.15, 0.2) is 0 Å². The number of anilines is 2. The molecule has 0 aliphatic rings. The summed E-state index contributed by atoms with van der Waals surface area (Å²) in [6, 6.07) is 12.2. The van der Waals surface area contributed by atoms with E-state index in [9.17, 15) is 0 Å². The molecule has 154 valence electrons. The van der Waals surface area contributed by atoms with Crippen LogP contribution in [0.4, 0.5) is 11.4 Å². The van der Waals surface area contributed by atoms with Crippen LogP contribution in [0.25, 0.3) is 11.0 Å². The quantitative estimate of drug-likeness (QED) is 0.359. The van der Waals surface area contributed by atoms with Crippen LogP contribution >= 0.6 is 0 Å². The molecule has 0 saturated heterocycles. The van der Waals surface area contributed by atoms with Crippen molar-refractivity contribution in [3.63, 3.8) is 0 Å². The molecule has 0 spiro atoms. The average molecular weight is 384 g/mol. The summed E-state index contributed by atoms with van der Waals surface area (Å²) in [5.41, 5.74) is 12.4. The average Bonchev–Trinajstić information content (AvgIpc) is 3.04. The summed E-state index contributed by atoms with van der Waals surface area (Å²) in [5.74, 6) is 6.70. The molecule has 0 atom stereocenters. The number of benzene rings is 2. The second-order valence-electron chi connectivity index (χ2n) is 7.28. The Morgan fingerprint density at radius 3 is 1.96 bits per heavy atom. The highest BCUT2D eigenvalue weighted by molar-refractivity contribution is 5.79. The van der Waals surface area contributed by atoms with Gasteiger partial charge >= 0.3 is 0 Å². The molecule has 0 aliphatic heterocycles. The minimum Gasteiger partial charge on any atom is -0.397 e. The van der Waals surface area contributed by atoms with Gasteiger partial charge in [-0.05, 0) is 35.1 Å². The Hall–Kier alpha value is -2.53. The number of fused-ring (bicyclic) bond motifs is 1. The molecule has 1 heterocycles. The largest absolute Gasteiger partial charge is 0.397 e. The molecule has 0 amide bonds. The van der Waals surface area contributed by atoms with Gasteiger partial charge in [-0.1, -0.05) is 65.8 Å². The summed E-state index contributed by atoms with van der Waals surface area (Å²) in [6.45, 7) is 12.7. The molecule has 2 aromatic carbocycles. The molecule has 5 nitrogen and oxygen atoms in total. The lowest BCUT2D eigenvalue weighted by Gasteiger charge is -2.21. The number of nitrogens with two attached hydrogens (primary N) is 2. The van der Waals surface area contributed by atoms with Crippen LogP contribution in [0.15, 0.2) is 42.7 Å². The number of imidazole rings is 1. The van der Waals surface area contributed by atoms with Crippen molar-refractivity contribution in [1.82, 2.24) is 9.55 Å². The predicted octanol–water partition coefficient (Wildman–Crippen LogP) is 5.43. The molecule has 1 aromatic heterocycles. The van der Waals surface area contributed by atoms with Crippen molar-refractivity contribution in [3.05, 3.63) is 53.9 Å². The third-order valence-electron chi connectivity index (χ3n) is 4.46. The number of rotatable bonds is 3. The molecule has 3 rings (SSSR count). The first-order valence-corrected chi connectivity index (χ1v) is 10.0. The third-order valence-corrected chi connectivity index (χ3v) is 4.46.